The molecule has 0 heterocycles. The van der Waals surface area contributed by atoms with Gasteiger partial charge < -0.3 is 4.74 Å². The summed E-state index contributed by atoms with van der Waals surface area (Å²) < 4.78 is 4.95. The van der Waals surface area contributed by atoms with Crippen LogP contribution in [0.5, 0.6) is 0 Å². The molecule has 14 heavy (non-hydrogen) atoms. The van der Waals surface area contributed by atoms with Crippen LogP contribution in [0.3, 0.4) is 0 Å². The molecule has 0 aromatic heterocycles. The minimum atomic E-state index is -1.42. The van der Waals surface area contributed by atoms with E-state index in [1.54, 1.807) is 6.92 Å². The van der Waals surface area contributed by atoms with Gasteiger partial charge in [-0.25, -0.2) is 0 Å². The van der Waals surface area contributed by atoms with Crippen LogP contribution in [0.2, 0.25) is 0 Å². The number of ether oxygens (including phenoxy) is 1. The lowest BCUT2D eigenvalue weighted by atomic mass is 9.77. The van der Waals surface area contributed by atoms with Crippen molar-refractivity contribution in [3.05, 3.63) is 10.1 Å². The summed E-state index contributed by atoms with van der Waals surface area (Å²) in [5.41, 5.74) is -1.42. The van der Waals surface area contributed by atoms with Gasteiger partial charge in [0.15, 0.2) is 0 Å². The van der Waals surface area contributed by atoms with E-state index < -0.39 is 16.6 Å². The summed E-state index contributed by atoms with van der Waals surface area (Å²) in [4.78, 5) is 21.5. The summed E-state index contributed by atoms with van der Waals surface area (Å²) in [6.07, 6.45) is 2.00. The van der Waals surface area contributed by atoms with Gasteiger partial charge in [-0.05, 0) is 12.8 Å². The Hall–Kier alpha value is -1.13. The van der Waals surface area contributed by atoms with Crippen molar-refractivity contribution in [1.82, 2.24) is 0 Å². The van der Waals surface area contributed by atoms with Crippen LogP contribution in [-0.4, -0.2) is 16.6 Å². The number of nitro groups is 1. The molecule has 0 bridgehead atoms. The van der Waals surface area contributed by atoms with Gasteiger partial charge in [-0.1, -0.05) is 13.8 Å². The Labute approximate surface area is 82.6 Å². The third-order valence-corrected chi connectivity index (χ3v) is 2.76. The molecule has 1 rings (SSSR count). The van der Waals surface area contributed by atoms with Gasteiger partial charge in [-0.2, -0.15) is 0 Å². The second-order valence-electron chi connectivity index (χ2n) is 3.77. The molecular weight excluding hydrogens is 186 g/mol. The van der Waals surface area contributed by atoms with Crippen molar-refractivity contribution >= 4 is 5.97 Å². The lowest BCUT2D eigenvalue weighted by Crippen LogP contribution is -2.55. The first kappa shape index (κ1) is 10.9. The summed E-state index contributed by atoms with van der Waals surface area (Å²) in [6.45, 7) is 3.58. The van der Waals surface area contributed by atoms with Gasteiger partial charge in [0.1, 0.15) is 0 Å². The molecule has 80 valence electrons. The lowest BCUT2D eigenvalue weighted by Gasteiger charge is -2.37. The molecule has 0 aliphatic heterocycles. The van der Waals surface area contributed by atoms with Crippen LogP contribution in [0.15, 0.2) is 0 Å². The first-order chi connectivity index (χ1) is 6.53. The molecule has 0 radical (unpaired) electrons. The topological polar surface area (TPSA) is 69.4 Å². The summed E-state index contributed by atoms with van der Waals surface area (Å²) >= 11 is 0. The van der Waals surface area contributed by atoms with Crippen molar-refractivity contribution in [2.75, 3.05) is 0 Å². The molecule has 0 aromatic rings. The molecular formula is C9H15NO4. The highest BCUT2D eigenvalue weighted by Crippen LogP contribution is 2.42. The Morgan fingerprint density at radius 3 is 2.64 bits per heavy atom. The second kappa shape index (κ2) is 3.94. The van der Waals surface area contributed by atoms with E-state index in [1.807, 2.05) is 6.92 Å². The van der Waals surface area contributed by atoms with Crippen LogP contribution in [0.25, 0.3) is 0 Å². The smallest absolute Gasteiger partial charge is 0.367 e. The van der Waals surface area contributed by atoms with Crippen molar-refractivity contribution in [3.8, 4) is 0 Å². The fourth-order valence-corrected chi connectivity index (χ4v) is 1.59. The maximum Gasteiger partial charge on any atom is 0.367 e. The molecule has 2 unspecified atom stereocenters. The predicted molar refractivity (Wildman–Crippen MR) is 49.1 cm³/mol. The van der Waals surface area contributed by atoms with Crippen LogP contribution in [-0.2, 0) is 9.53 Å². The van der Waals surface area contributed by atoms with E-state index in [1.165, 1.54) is 0 Å². The highest BCUT2D eigenvalue weighted by Gasteiger charge is 2.59. The Kier molecular flexibility index (Phi) is 3.08. The Morgan fingerprint density at radius 1 is 1.71 bits per heavy atom. The lowest BCUT2D eigenvalue weighted by molar-refractivity contribution is -0.650. The number of esters is 1. The van der Waals surface area contributed by atoms with E-state index >= 15 is 0 Å². The number of nitrogens with zero attached hydrogens (tertiary/aromatic N) is 1. The average molecular weight is 201 g/mol. The van der Waals surface area contributed by atoms with Gasteiger partial charge in [0.2, 0.25) is 0 Å². The third-order valence-electron chi connectivity index (χ3n) is 2.76. The van der Waals surface area contributed by atoms with Gasteiger partial charge in [0.25, 0.3) is 0 Å². The minimum Gasteiger partial charge on any atom is -0.395 e. The predicted octanol–water partition coefficient (Wildman–Crippen LogP) is 1.73. The first-order valence-corrected chi connectivity index (χ1v) is 4.89. The van der Waals surface area contributed by atoms with E-state index in [2.05, 4.69) is 0 Å². The normalized spacial score (nSPS) is 30.6. The molecule has 0 spiro atoms. The van der Waals surface area contributed by atoms with Crippen molar-refractivity contribution in [2.24, 2.45) is 5.92 Å². The zero-order valence-electron chi connectivity index (χ0n) is 8.49. The zero-order chi connectivity index (χ0) is 10.8. The fourth-order valence-electron chi connectivity index (χ4n) is 1.59. The van der Waals surface area contributed by atoms with Gasteiger partial charge in [0, 0.05) is 6.42 Å². The molecule has 1 saturated carbocycles. The minimum absolute atomic E-state index is 0.168. The van der Waals surface area contributed by atoms with Crippen LogP contribution in [0.4, 0.5) is 0 Å². The molecule has 1 aliphatic carbocycles. The maximum absolute atomic E-state index is 11.2. The molecule has 5 nitrogen and oxygen atoms in total. The first-order valence-electron chi connectivity index (χ1n) is 4.89. The monoisotopic (exact) mass is 201 g/mol. The van der Waals surface area contributed by atoms with Crippen molar-refractivity contribution in [3.63, 3.8) is 0 Å². The SMILES string of the molecule is CCCC(=O)OC1([N+](=O)[O-])CCC1C. The van der Waals surface area contributed by atoms with Crippen LogP contribution in [0.1, 0.15) is 39.5 Å². The van der Waals surface area contributed by atoms with E-state index in [4.69, 9.17) is 4.74 Å². The quantitative estimate of drug-likeness (QED) is 0.300. The second-order valence-corrected chi connectivity index (χ2v) is 3.77. The number of carbonyl (C=O) groups is 1. The summed E-state index contributed by atoms with van der Waals surface area (Å²) in [5.74, 6) is -0.631. The molecule has 1 fully saturated rings. The van der Waals surface area contributed by atoms with Gasteiger partial charge in [0.05, 0.1) is 17.3 Å². The van der Waals surface area contributed by atoms with E-state index in [0.717, 1.165) is 6.42 Å². The summed E-state index contributed by atoms with van der Waals surface area (Å²) in [5, 5.41) is 10.8. The molecule has 0 aromatic carbocycles. The van der Waals surface area contributed by atoms with Gasteiger partial charge in [-0.3, -0.25) is 14.9 Å². The summed E-state index contributed by atoms with van der Waals surface area (Å²) in [6, 6.07) is 0. The number of carbonyl (C=O) groups excluding carboxylic acids is 1. The van der Waals surface area contributed by atoms with Crippen molar-refractivity contribution < 1.29 is 14.5 Å². The number of hydrogen-bond donors (Lipinski definition) is 0. The Bertz CT molecular complexity index is 253. The number of rotatable bonds is 4. The zero-order valence-corrected chi connectivity index (χ0v) is 8.49. The van der Waals surface area contributed by atoms with Crippen LogP contribution >= 0.6 is 0 Å². The van der Waals surface area contributed by atoms with Crippen LogP contribution < -0.4 is 0 Å². The molecule has 0 saturated heterocycles. The molecule has 5 heteroatoms. The summed E-state index contributed by atoms with van der Waals surface area (Å²) in [7, 11) is 0. The van der Waals surface area contributed by atoms with Crippen LogP contribution in [0, 0.1) is 16.0 Å². The standard InChI is InChI=1S/C9H15NO4/c1-3-4-8(11)14-9(10(12)13)6-5-7(9)2/h7H,3-6H2,1-2H3. The Balaban J connectivity index is 2.62. The van der Waals surface area contributed by atoms with Gasteiger partial charge >= 0.3 is 11.7 Å². The molecule has 2 atom stereocenters. The Morgan fingerprint density at radius 2 is 2.36 bits per heavy atom. The fraction of sp³-hybridized carbons (Fsp3) is 0.889. The van der Waals surface area contributed by atoms with E-state index in [9.17, 15) is 14.9 Å². The molecule has 1 aliphatic rings. The van der Waals surface area contributed by atoms with Gasteiger partial charge in [-0.15, -0.1) is 0 Å². The number of hydrogen-bond acceptors (Lipinski definition) is 4. The maximum atomic E-state index is 11.2. The largest absolute Gasteiger partial charge is 0.395 e. The van der Waals surface area contributed by atoms with E-state index in [0.29, 0.717) is 12.8 Å². The van der Waals surface area contributed by atoms with Crippen molar-refractivity contribution in [1.29, 1.82) is 0 Å². The molecule has 0 N–H and O–H groups in total. The molecule has 0 amide bonds. The highest BCUT2D eigenvalue weighted by atomic mass is 16.7. The van der Waals surface area contributed by atoms with E-state index in [-0.39, 0.29) is 12.3 Å². The highest BCUT2D eigenvalue weighted by molar-refractivity contribution is 5.69. The third kappa shape index (κ3) is 1.71. The van der Waals surface area contributed by atoms with Crippen molar-refractivity contribution in [2.45, 2.75) is 45.3 Å². The average Bonchev–Trinajstić information content (AvgIpc) is 2.11.